The summed E-state index contributed by atoms with van der Waals surface area (Å²) in [5, 5.41) is 3.64. The van der Waals surface area contributed by atoms with E-state index in [1.54, 1.807) is 0 Å². The molecule has 0 bridgehead atoms. The molecule has 0 saturated carbocycles. The van der Waals surface area contributed by atoms with E-state index in [9.17, 15) is 0 Å². The third-order valence-electron chi connectivity index (χ3n) is 3.49. The molecule has 17 heavy (non-hydrogen) atoms. The number of nitrogens with one attached hydrogen (secondary N) is 1. The molecule has 0 fully saturated rings. The number of unbranched alkanes of at least 4 members (excludes halogenated alkanes) is 1. The summed E-state index contributed by atoms with van der Waals surface area (Å²) >= 11 is 0. The van der Waals surface area contributed by atoms with E-state index in [0.29, 0.717) is 6.04 Å². The van der Waals surface area contributed by atoms with Crippen LogP contribution in [0.25, 0.3) is 0 Å². The maximum Gasteiger partial charge on any atom is 0.126 e. The molecule has 1 N–H and O–H groups in total. The fourth-order valence-electron chi connectivity index (χ4n) is 2.58. The summed E-state index contributed by atoms with van der Waals surface area (Å²) in [5.74, 6) is 1.28. The van der Waals surface area contributed by atoms with Gasteiger partial charge >= 0.3 is 0 Å². The maximum absolute atomic E-state index is 4.84. The Labute approximate surface area is 105 Å². The van der Waals surface area contributed by atoms with E-state index in [1.807, 2.05) is 0 Å². The van der Waals surface area contributed by atoms with E-state index in [0.717, 1.165) is 19.5 Å². The van der Waals surface area contributed by atoms with E-state index >= 15 is 0 Å². The Kier molecular flexibility index (Phi) is 4.60. The Morgan fingerprint density at radius 3 is 3.06 bits per heavy atom. The molecule has 0 amide bonds. The summed E-state index contributed by atoms with van der Waals surface area (Å²) in [4.78, 5) is 4.84. The van der Waals surface area contributed by atoms with Crippen LogP contribution in [-0.4, -0.2) is 16.1 Å². The Balaban J connectivity index is 2.14. The Bertz CT molecular complexity index is 343. The second-order valence-electron chi connectivity index (χ2n) is 5.04. The number of hydrogen-bond donors (Lipinski definition) is 1. The summed E-state index contributed by atoms with van der Waals surface area (Å²) in [7, 11) is 0. The summed E-state index contributed by atoms with van der Waals surface area (Å²) in [6.07, 6.45) is 9.56. The van der Waals surface area contributed by atoms with E-state index in [2.05, 4.69) is 29.9 Å². The van der Waals surface area contributed by atoms with Crippen LogP contribution in [0.4, 0.5) is 0 Å². The summed E-state index contributed by atoms with van der Waals surface area (Å²) < 4.78 is 2.38. The minimum Gasteiger partial charge on any atom is -0.333 e. The molecule has 1 aliphatic heterocycles. The predicted molar refractivity (Wildman–Crippen MR) is 71.1 cm³/mol. The van der Waals surface area contributed by atoms with E-state index in [-0.39, 0.29) is 0 Å². The number of aryl methyl sites for hydroxylation is 2. The number of aromatic nitrogens is 2. The average Bonchev–Trinajstić information content (AvgIpc) is 2.63. The van der Waals surface area contributed by atoms with Crippen LogP contribution in [-0.2, 0) is 13.0 Å². The maximum atomic E-state index is 4.84. The molecule has 96 valence electrons. The van der Waals surface area contributed by atoms with Gasteiger partial charge in [0.25, 0.3) is 0 Å². The largest absolute Gasteiger partial charge is 0.333 e. The molecule has 1 aliphatic rings. The molecule has 3 heteroatoms. The zero-order valence-corrected chi connectivity index (χ0v) is 11.2. The van der Waals surface area contributed by atoms with Crippen molar-refractivity contribution in [3.8, 4) is 0 Å². The lowest BCUT2D eigenvalue weighted by atomic mass is 10.1. The molecule has 0 radical (unpaired) electrons. The van der Waals surface area contributed by atoms with Crippen molar-refractivity contribution < 1.29 is 0 Å². The topological polar surface area (TPSA) is 29.9 Å². The van der Waals surface area contributed by atoms with Crippen molar-refractivity contribution in [3.63, 3.8) is 0 Å². The van der Waals surface area contributed by atoms with Crippen molar-refractivity contribution in [2.45, 2.75) is 65.0 Å². The molecule has 0 aromatic carbocycles. The first-order chi connectivity index (χ1) is 8.35. The lowest BCUT2D eigenvalue weighted by Gasteiger charge is -2.15. The molecular weight excluding hydrogens is 210 g/mol. The predicted octanol–water partition coefficient (Wildman–Crippen LogP) is 3.06. The summed E-state index contributed by atoms with van der Waals surface area (Å²) in [5.41, 5.74) is 1.27. The first-order valence-corrected chi connectivity index (χ1v) is 7.14. The molecule has 3 nitrogen and oxygen atoms in total. The van der Waals surface area contributed by atoms with Crippen LogP contribution < -0.4 is 5.32 Å². The lowest BCUT2D eigenvalue weighted by molar-refractivity contribution is 0.475. The van der Waals surface area contributed by atoms with Crippen LogP contribution in [0.3, 0.4) is 0 Å². The lowest BCUT2D eigenvalue weighted by Crippen LogP contribution is -2.22. The van der Waals surface area contributed by atoms with Gasteiger partial charge in [-0.2, -0.15) is 0 Å². The second kappa shape index (κ2) is 6.20. The van der Waals surface area contributed by atoms with Crippen LogP contribution in [0.5, 0.6) is 0 Å². The number of nitrogens with zero attached hydrogens (tertiary/aromatic N) is 2. The van der Waals surface area contributed by atoms with Crippen molar-refractivity contribution >= 4 is 0 Å². The van der Waals surface area contributed by atoms with Crippen molar-refractivity contribution in [1.29, 1.82) is 0 Å². The highest BCUT2D eigenvalue weighted by Crippen LogP contribution is 2.22. The minimum atomic E-state index is 0.475. The Morgan fingerprint density at radius 1 is 1.41 bits per heavy atom. The van der Waals surface area contributed by atoms with Crippen molar-refractivity contribution in [3.05, 3.63) is 17.7 Å². The Hall–Kier alpha value is -0.830. The van der Waals surface area contributed by atoms with E-state index in [1.165, 1.54) is 43.6 Å². The third-order valence-corrected chi connectivity index (χ3v) is 3.49. The first-order valence-electron chi connectivity index (χ1n) is 7.14. The molecule has 2 heterocycles. The zero-order valence-electron chi connectivity index (χ0n) is 11.2. The number of imidazole rings is 1. The van der Waals surface area contributed by atoms with Crippen LogP contribution >= 0.6 is 0 Å². The van der Waals surface area contributed by atoms with Crippen LogP contribution in [0.15, 0.2) is 6.20 Å². The fraction of sp³-hybridized carbons (Fsp3) is 0.786. The van der Waals surface area contributed by atoms with Gasteiger partial charge in [0.2, 0.25) is 0 Å². The number of rotatable bonds is 5. The van der Waals surface area contributed by atoms with E-state index in [4.69, 9.17) is 4.98 Å². The van der Waals surface area contributed by atoms with Gasteiger partial charge in [-0.05, 0) is 25.8 Å². The van der Waals surface area contributed by atoms with Gasteiger partial charge in [-0.3, -0.25) is 0 Å². The normalized spacial score (nSPS) is 20.0. The van der Waals surface area contributed by atoms with Gasteiger partial charge in [-0.25, -0.2) is 4.98 Å². The van der Waals surface area contributed by atoms with Gasteiger partial charge in [0.15, 0.2) is 0 Å². The van der Waals surface area contributed by atoms with Gasteiger partial charge in [-0.1, -0.05) is 33.1 Å². The quantitative estimate of drug-likeness (QED) is 0.850. The molecule has 1 atom stereocenters. The van der Waals surface area contributed by atoms with Crippen LogP contribution in [0, 0.1) is 0 Å². The average molecular weight is 235 g/mol. The monoisotopic (exact) mass is 235 g/mol. The van der Waals surface area contributed by atoms with E-state index < -0.39 is 0 Å². The third kappa shape index (κ3) is 3.09. The second-order valence-corrected chi connectivity index (χ2v) is 5.04. The first kappa shape index (κ1) is 12.6. The molecule has 1 unspecified atom stereocenters. The molecule has 1 aromatic heterocycles. The zero-order chi connectivity index (χ0) is 12.1. The highest BCUT2D eigenvalue weighted by atomic mass is 15.1. The van der Waals surface area contributed by atoms with Crippen LogP contribution in [0.1, 0.15) is 63.5 Å². The molecule has 0 aliphatic carbocycles. The van der Waals surface area contributed by atoms with Crippen molar-refractivity contribution in [2.75, 3.05) is 6.54 Å². The molecule has 1 aromatic rings. The van der Waals surface area contributed by atoms with Gasteiger partial charge in [0, 0.05) is 12.7 Å². The van der Waals surface area contributed by atoms with Gasteiger partial charge in [0.05, 0.1) is 11.7 Å². The smallest absolute Gasteiger partial charge is 0.126 e. The van der Waals surface area contributed by atoms with Crippen molar-refractivity contribution in [2.24, 2.45) is 0 Å². The SMILES string of the molecule is CCCCC1NCCCn2cc(CCC)nc21. The van der Waals surface area contributed by atoms with Gasteiger partial charge in [-0.15, -0.1) is 0 Å². The molecule has 0 spiro atoms. The van der Waals surface area contributed by atoms with Gasteiger partial charge in [0.1, 0.15) is 5.82 Å². The Morgan fingerprint density at radius 2 is 2.29 bits per heavy atom. The minimum absolute atomic E-state index is 0.475. The highest BCUT2D eigenvalue weighted by Gasteiger charge is 2.20. The van der Waals surface area contributed by atoms with Gasteiger partial charge < -0.3 is 9.88 Å². The summed E-state index contributed by atoms with van der Waals surface area (Å²) in [6.45, 7) is 6.73. The molecular formula is C14H25N3. The standard InChI is InChI=1S/C14H25N3/c1-3-5-8-13-14-16-12(7-4-2)11-17(14)10-6-9-15-13/h11,13,15H,3-10H2,1-2H3. The number of fused-ring (bicyclic) bond motifs is 1. The molecule has 2 rings (SSSR count). The molecule has 0 saturated heterocycles. The van der Waals surface area contributed by atoms with Crippen molar-refractivity contribution in [1.82, 2.24) is 14.9 Å². The fourth-order valence-corrected chi connectivity index (χ4v) is 2.58. The highest BCUT2D eigenvalue weighted by molar-refractivity contribution is 5.09. The number of hydrogen-bond acceptors (Lipinski definition) is 2. The van der Waals surface area contributed by atoms with Crippen LogP contribution in [0.2, 0.25) is 0 Å². The summed E-state index contributed by atoms with van der Waals surface area (Å²) in [6, 6.07) is 0.475.